The van der Waals surface area contributed by atoms with Crippen molar-refractivity contribution in [3.05, 3.63) is 29.8 Å². The molecule has 0 atom stereocenters. The minimum absolute atomic E-state index is 0.0131. The second-order valence-corrected chi connectivity index (χ2v) is 5.86. The van der Waals surface area contributed by atoms with Crippen LogP contribution < -0.4 is 0 Å². The largest absolute Gasteiger partial charge is 0.465 e. The summed E-state index contributed by atoms with van der Waals surface area (Å²) >= 11 is 0. The van der Waals surface area contributed by atoms with Crippen LogP contribution in [0.1, 0.15) is 23.2 Å². The normalized spacial score (nSPS) is 17.1. The first kappa shape index (κ1) is 14.0. The zero-order valence-electron chi connectivity index (χ0n) is 10.5. The van der Waals surface area contributed by atoms with Gasteiger partial charge in [0.1, 0.15) is 0 Å². The van der Waals surface area contributed by atoms with Gasteiger partial charge in [0.15, 0.2) is 0 Å². The molecule has 1 heterocycles. The van der Waals surface area contributed by atoms with Crippen molar-refractivity contribution in [1.29, 1.82) is 0 Å². The highest BCUT2D eigenvalue weighted by molar-refractivity contribution is 7.89. The molecule has 104 valence electrons. The number of carbonyl (C=O) groups excluding carboxylic acids is 1. The van der Waals surface area contributed by atoms with E-state index in [9.17, 15) is 13.2 Å². The number of hydroxylamine groups is 1. The van der Waals surface area contributed by atoms with Gasteiger partial charge in [0.25, 0.3) is 10.0 Å². The number of carbonyl (C=O) groups is 1. The third kappa shape index (κ3) is 2.78. The molecule has 0 saturated carbocycles. The molecule has 19 heavy (non-hydrogen) atoms. The molecular formula is C12H15NO5S. The molecular weight excluding hydrogens is 270 g/mol. The molecule has 1 saturated heterocycles. The molecule has 0 aromatic heterocycles. The van der Waals surface area contributed by atoms with Crippen molar-refractivity contribution < 1.29 is 22.8 Å². The first-order chi connectivity index (χ1) is 9.07. The average molecular weight is 285 g/mol. The van der Waals surface area contributed by atoms with E-state index in [4.69, 9.17) is 4.84 Å². The van der Waals surface area contributed by atoms with Crippen molar-refractivity contribution in [3.63, 3.8) is 0 Å². The molecule has 0 spiro atoms. The summed E-state index contributed by atoms with van der Waals surface area (Å²) in [6.07, 6.45) is 1.56. The smallest absolute Gasteiger partial charge is 0.339 e. The number of methoxy groups -OCH3 is 1. The van der Waals surface area contributed by atoms with Crippen molar-refractivity contribution in [2.45, 2.75) is 17.7 Å². The first-order valence-electron chi connectivity index (χ1n) is 5.90. The van der Waals surface area contributed by atoms with E-state index in [0.29, 0.717) is 6.61 Å². The number of ether oxygens (including phenoxy) is 1. The van der Waals surface area contributed by atoms with Gasteiger partial charge in [-0.05, 0) is 25.0 Å². The quantitative estimate of drug-likeness (QED) is 0.780. The molecule has 1 aromatic carbocycles. The Morgan fingerprint density at radius 2 is 2.05 bits per heavy atom. The molecule has 0 aliphatic carbocycles. The van der Waals surface area contributed by atoms with Crippen molar-refractivity contribution in [2.24, 2.45) is 0 Å². The molecule has 7 heteroatoms. The summed E-state index contributed by atoms with van der Waals surface area (Å²) in [6.45, 7) is 0.650. The summed E-state index contributed by atoms with van der Waals surface area (Å²) in [4.78, 5) is 16.7. The summed E-state index contributed by atoms with van der Waals surface area (Å²) < 4.78 is 30.4. The molecule has 0 amide bonds. The Hall–Kier alpha value is -1.44. The van der Waals surface area contributed by atoms with E-state index in [1.165, 1.54) is 19.2 Å². The lowest BCUT2D eigenvalue weighted by molar-refractivity contribution is -0.108. The highest BCUT2D eigenvalue weighted by Gasteiger charge is 2.31. The molecule has 1 aromatic rings. The van der Waals surface area contributed by atoms with Gasteiger partial charge in [0.05, 0.1) is 24.2 Å². The van der Waals surface area contributed by atoms with Gasteiger partial charge in [-0.3, -0.25) is 4.84 Å². The maximum atomic E-state index is 12.4. The summed E-state index contributed by atoms with van der Waals surface area (Å²) in [5.41, 5.74) is 0.0131. The topological polar surface area (TPSA) is 72.9 Å². The predicted octanol–water partition coefficient (Wildman–Crippen LogP) is 1.19. The molecule has 0 N–H and O–H groups in total. The van der Waals surface area contributed by atoms with E-state index >= 15 is 0 Å². The minimum atomic E-state index is -3.84. The number of rotatable bonds is 3. The number of hydrogen-bond donors (Lipinski definition) is 0. The number of nitrogens with zero attached hydrogens (tertiary/aromatic N) is 1. The van der Waals surface area contributed by atoms with Gasteiger partial charge in [0.2, 0.25) is 0 Å². The van der Waals surface area contributed by atoms with E-state index < -0.39 is 16.0 Å². The van der Waals surface area contributed by atoms with Crippen molar-refractivity contribution >= 4 is 16.0 Å². The molecule has 0 unspecified atom stereocenters. The lowest BCUT2D eigenvalue weighted by Crippen LogP contribution is -2.36. The fraction of sp³-hybridized carbons (Fsp3) is 0.417. The predicted molar refractivity (Wildman–Crippen MR) is 66.9 cm³/mol. The van der Waals surface area contributed by atoms with Crippen molar-refractivity contribution in [2.75, 3.05) is 20.3 Å². The number of benzene rings is 1. The molecule has 6 nitrogen and oxygen atoms in total. The van der Waals surface area contributed by atoms with Gasteiger partial charge in [-0.2, -0.15) is 0 Å². The SMILES string of the molecule is COC(=O)c1ccccc1S(=O)(=O)N1CCCCO1. The standard InChI is InChI=1S/C12H15NO5S/c1-17-12(14)10-6-2-3-7-11(10)19(15,16)13-8-4-5-9-18-13/h2-3,6-7H,4-5,8-9H2,1H3. The van der Waals surface area contributed by atoms with Crippen molar-refractivity contribution in [1.82, 2.24) is 4.47 Å². The fourth-order valence-electron chi connectivity index (χ4n) is 1.84. The highest BCUT2D eigenvalue weighted by Crippen LogP contribution is 2.23. The molecule has 1 aliphatic heterocycles. The average Bonchev–Trinajstić information content (AvgIpc) is 2.47. The van der Waals surface area contributed by atoms with E-state index in [1.807, 2.05) is 0 Å². The van der Waals surface area contributed by atoms with Gasteiger partial charge in [-0.25, -0.2) is 13.2 Å². The maximum Gasteiger partial charge on any atom is 0.339 e. The summed E-state index contributed by atoms with van der Waals surface area (Å²) in [5.74, 6) is -0.684. The number of sulfonamides is 1. The van der Waals surface area contributed by atoms with Gasteiger partial charge >= 0.3 is 5.97 Å². The van der Waals surface area contributed by atoms with Crippen LogP contribution in [0, 0.1) is 0 Å². The number of hydrogen-bond acceptors (Lipinski definition) is 5. The fourth-order valence-corrected chi connectivity index (χ4v) is 3.33. The van der Waals surface area contributed by atoms with E-state index in [-0.39, 0.29) is 17.0 Å². The van der Waals surface area contributed by atoms with Crippen LogP contribution in [0.3, 0.4) is 0 Å². The Morgan fingerprint density at radius 3 is 2.68 bits per heavy atom. The molecule has 2 rings (SSSR count). The highest BCUT2D eigenvalue weighted by atomic mass is 32.2. The van der Waals surface area contributed by atoms with Crippen LogP contribution >= 0.6 is 0 Å². The van der Waals surface area contributed by atoms with E-state index in [2.05, 4.69) is 4.74 Å². The zero-order valence-corrected chi connectivity index (χ0v) is 11.4. The molecule has 1 fully saturated rings. The second kappa shape index (κ2) is 5.68. The Labute approximate surface area is 111 Å². The van der Waals surface area contributed by atoms with Gasteiger partial charge in [-0.1, -0.05) is 16.6 Å². The maximum absolute atomic E-state index is 12.4. The Balaban J connectivity index is 2.42. The van der Waals surface area contributed by atoms with Crippen LogP contribution in [0.25, 0.3) is 0 Å². The first-order valence-corrected chi connectivity index (χ1v) is 7.34. The third-order valence-corrected chi connectivity index (χ3v) is 4.54. The number of esters is 1. The van der Waals surface area contributed by atoms with E-state index in [1.54, 1.807) is 12.1 Å². The summed E-state index contributed by atoms with van der Waals surface area (Å²) in [5, 5.41) is 0. The Morgan fingerprint density at radius 1 is 1.32 bits per heavy atom. The van der Waals surface area contributed by atoms with Crippen LogP contribution in [-0.4, -0.2) is 39.1 Å². The minimum Gasteiger partial charge on any atom is -0.465 e. The van der Waals surface area contributed by atoms with Crippen LogP contribution in [0.15, 0.2) is 29.2 Å². The second-order valence-electron chi connectivity index (χ2n) is 4.06. The lowest BCUT2D eigenvalue weighted by Gasteiger charge is -2.25. The monoisotopic (exact) mass is 285 g/mol. The third-order valence-electron chi connectivity index (χ3n) is 2.81. The van der Waals surface area contributed by atoms with E-state index in [0.717, 1.165) is 17.3 Å². The Bertz CT molecular complexity index is 563. The molecule has 0 radical (unpaired) electrons. The van der Waals surface area contributed by atoms with Crippen molar-refractivity contribution in [3.8, 4) is 0 Å². The zero-order chi connectivity index (χ0) is 13.9. The van der Waals surface area contributed by atoms with Crippen LogP contribution in [0.5, 0.6) is 0 Å². The Kier molecular flexibility index (Phi) is 4.18. The molecule has 1 aliphatic rings. The van der Waals surface area contributed by atoms with Crippen LogP contribution in [-0.2, 0) is 19.6 Å². The summed E-state index contributed by atoms with van der Waals surface area (Å²) in [7, 11) is -2.63. The van der Waals surface area contributed by atoms with Crippen LogP contribution in [0.4, 0.5) is 0 Å². The molecule has 0 bridgehead atoms. The van der Waals surface area contributed by atoms with Gasteiger partial charge < -0.3 is 4.74 Å². The van der Waals surface area contributed by atoms with Gasteiger partial charge in [-0.15, -0.1) is 0 Å². The summed E-state index contributed by atoms with van der Waals surface area (Å²) in [6, 6.07) is 5.94. The van der Waals surface area contributed by atoms with Gasteiger partial charge in [0, 0.05) is 6.54 Å². The lowest BCUT2D eigenvalue weighted by atomic mass is 10.2. The van der Waals surface area contributed by atoms with Crippen LogP contribution in [0.2, 0.25) is 0 Å².